The molecule has 0 bridgehead atoms. The molecule has 0 atom stereocenters. The number of amides is 1. The Morgan fingerprint density at radius 2 is 1.50 bits per heavy atom. The van der Waals surface area contributed by atoms with Crippen molar-refractivity contribution in [2.75, 3.05) is 14.1 Å². The first-order valence-electron chi connectivity index (χ1n) is 4.34. The number of carbonyl (C=O) groups excluding carboxylic acids is 1. The van der Waals surface area contributed by atoms with E-state index in [1.807, 2.05) is 19.9 Å². The largest absolute Gasteiger partial charge is 0.508 e. The summed E-state index contributed by atoms with van der Waals surface area (Å²) in [6, 6.07) is 5.51. The van der Waals surface area contributed by atoms with Gasteiger partial charge in [-0.3, -0.25) is 4.79 Å². The molecule has 0 aromatic heterocycles. The maximum atomic E-state index is 9.43. The van der Waals surface area contributed by atoms with Gasteiger partial charge in [0.15, 0.2) is 0 Å². The molecule has 1 aromatic carbocycles. The van der Waals surface area contributed by atoms with Crippen molar-refractivity contribution in [3.8, 4) is 5.75 Å². The van der Waals surface area contributed by atoms with Crippen molar-refractivity contribution >= 4 is 6.41 Å². The molecule has 0 aliphatic heterocycles. The molecule has 3 nitrogen and oxygen atoms in total. The number of phenolic OH excluding ortho intramolecular Hbond substituents is 1. The van der Waals surface area contributed by atoms with Gasteiger partial charge in [-0.05, 0) is 37.1 Å². The number of hydrogen-bond donors (Lipinski definition) is 1. The number of phenols is 1. The fraction of sp³-hybridized carbons (Fsp3) is 0.364. The molecular weight excluding hydrogens is 178 g/mol. The quantitative estimate of drug-likeness (QED) is 0.693. The number of rotatable bonds is 1. The Kier molecular flexibility index (Phi) is 5.37. The lowest BCUT2D eigenvalue weighted by atomic mass is 10.1. The van der Waals surface area contributed by atoms with Crippen LogP contribution in [0.1, 0.15) is 11.1 Å². The molecule has 78 valence electrons. The van der Waals surface area contributed by atoms with E-state index in [-0.39, 0.29) is 0 Å². The molecule has 0 radical (unpaired) electrons. The first-order valence-corrected chi connectivity index (χ1v) is 4.34. The predicted molar refractivity (Wildman–Crippen MR) is 57.3 cm³/mol. The Bertz CT molecular complexity index is 245. The standard InChI is InChI=1S/C8H10O.C3H7NO/c1-6-3-7(2)5-8(9)4-6;1-4(2)3-5/h3-5,9H,1-2H3;3H,1-2H3. The molecule has 0 aliphatic rings. The van der Waals surface area contributed by atoms with Crippen LogP contribution in [0.5, 0.6) is 5.75 Å². The van der Waals surface area contributed by atoms with Crippen molar-refractivity contribution < 1.29 is 9.90 Å². The minimum absolute atomic E-state index is 0.354. The maximum absolute atomic E-state index is 9.43. The van der Waals surface area contributed by atoms with Crippen LogP contribution < -0.4 is 0 Å². The predicted octanol–water partition coefficient (Wildman–Crippen LogP) is 1.71. The van der Waals surface area contributed by atoms with Crippen molar-refractivity contribution in [1.82, 2.24) is 4.90 Å². The molecule has 0 saturated carbocycles. The zero-order valence-corrected chi connectivity index (χ0v) is 9.11. The number of carbonyl (C=O) groups is 1. The highest BCUT2D eigenvalue weighted by Crippen LogP contribution is 2.13. The number of nitrogens with zero attached hydrogens (tertiary/aromatic N) is 1. The van der Waals surface area contributed by atoms with E-state index in [4.69, 9.17) is 5.11 Å². The van der Waals surface area contributed by atoms with Crippen molar-refractivity contribution in [3.05, 3.63) is 29.3 Å². The number of aryl methyl sites for hydroxylation is 2. The second-order valence-corrected chi connectivity index (χ2v) is 3.41. The van der Waals surface area contributed by atoms with Crippen LogP contribution in [0.2, 0.25) is 0 Å². The van der Waals surface area contributed by atoms with Gasteiger partial charge in [-0.2, -0.15) is 0 Å². The fourth-order valence-electron chi connectivity index (χ4n) is 0.951. The lowest BCUT2D eigenvalue weighted by Gasteiger charge is -1.95. The highest BCUT2D eigenvalue weighted by molar-refractivity contribution is 5.45. The first-order chi connectivity index (χ1) is 6.45. The van der Waals surface area contributed by atoms with E-state index in [1.54, 1.807) is 26.2 Å². The van der Waals surface area contributed by atoms with Crippen molar-refractivity contribution in [1.29, 1.82) is 0 Å². The molecule has 0 heterocycles. The third-order valence-corrected chi connectivity index (χ3v) is 1.42. The van der Waals surface area contributed by atoms with Crippen LogP contribution >= 0.6 is 0 Å². The molecule has 1 amide bonds. The molecule has 0 fully saturated rings. The van der Waals surface area contributed by atoms with Crippen molar-refractivity contribution in [2.24, 2.45) is 0 Å². The summed E-state index contributed by atoms with van der Waals surface area (Å²) in [6.07, 6.45) is 0.750. The summed E-state index contributed by atoms with van der Waals surface area (Å²) in [6.45, 7) is 3.93. The van der Waals surface area contributed by atoms with Crippen LogP contribution in [0.3, 0.4) is 0 Å². The van der Waals surface area contributed by atoms with Crippen LogP contribution in [0, 0.1) is 13.8 Å². The fourth-order valence-corrected chi connectivity index (χ4v) is 0.951. The molecular formula is C11H17NO2. The molecule has 0 spiro atoms. The highest BCUT2D eigenvalue weighted by atomic mass is 16.3. The zero-order valence-electron chi connectivity index (χ0n) is 9.11. The van der Waals surface area contributed by atoms with Gasteiger partial charge in [0, 0.05) is 14.1 Å². The molecule has 14 heavy (non-hydrogen) atoms. The van der Waals surface area contributed by atoms with Gasteiger partial charge >= 0.3 is 0 Å². The minimum Gasteiger partial charge on any atom is -0.508 e. The lowest BCUT2D eigenvalue weighted by molar-refractivity contribution is -0.115. The number of hydrogen-bond acceptors (Lipinski definition) is 2. The summed E-state index contributed by atoms with van der Waals surface area (Å²) in [5, 5.41) is 8.99. The zero-order chi connectivity index (χ0) is 11.1. The smallest absolute Gasteiger partial charge is 0.209 e. The second kappa shape index (κ2) is 6.02. The van der Waals surface area contributed by atoms with E-state index in [0.717, 1.165) is 17.5 Å². The molecule has 0 unspecified atom stereocenters. The van der Waals surface area contributed by atoms with Gasteiger partial charge in [0.25, 0.3) is 0 Å². The third kappa shape index (κ3) is 6.06. The Morgan fingerprint density at radius 3 is 1.71 bits per heavy atom. The SMILES string of the molecule is CN(C)C=O.Cc1cc(C)cc(O)c1. The summed E-state index contributed by atoms with van der Waals surface area (Å²) in [5.74, 6) is 0.354. The van der Waals surface area contributed by atoms with E-state index in [0.29, 0.717) is 5.75 Å². The molecule has 1 rings (SSSR count). The molecule has 3 heteroatoms. The Hall–Kier alpha value is -1.51. The molecule has 0 saturated heterocycles. The second-order valence-electron chi connectivity index (χ2n) is 3.41. The van der Waals surface area contributed by atoms with E-state index in [2.05, 4.69) is 0 Å². The normalized spacial score (nSPS) is 8.57. The minimum atomic E-state index is 0.354. The van der Waals surface area contributed by atoms with Crippen LogP contribution in [-0.4, -0.2) is 30.5 Å². The van der Waals surface area contributed by atoms with Gasteiger partial charge < -0.3 is 10.0 Å². The van der Waals surface area contributed by atoms with E-state index < -0.39 is 0 Å². The van der Waals surface area contributed by atoms with Gasteiger partial charge in [-0.25, -0.2) is 0 Å². The maximum Gasteiger partial charge on any atom is 0.209 e. The lowest BCUT2D eigenvalue weighted by Crippen LogP contribution is -2.06. The summed E-state index contributed by atoms with van der Waals surface area (Å²) in [5.41, 5.74) is 2.21. The average Bonchev–Trinajstić information content (AvgIpc) is 2.02. The summed E-state index contributed by atoms with van der Waals surface area (Å²) in [4.78, 5) is 10.9. The topological polar surface area (TPSA) is 40.5 Å². The Labute approximate surface area is 85.0 Å². The van der Waals surface area contributed by atoms with Gasteiger partial charge in [-0.1, -0.05) is 6.07 Å². The number of benzene rings is 1. The van der Waals surface area contributed by atoms with Crippen LogP contribution in [0.25, 0.3) is 0 Å². The molecule has 0 aliphatic carbocycles. The van der Waals surface area contributed by atoms with Gasteiger partial charge in [0.1, 0.15) is 5.75 Å². The molecule has 1 N–H and O–H groups in total. The van der Waals surface area contributed by atoms with Crippen LogP contribution in [-0.2, 0) is 4.79 Å². The highest BCUT2D eigenvalue weighted by Gasteiger charge is 1.89. The number of aromatic hydroxyl groups is 1. The van der Waals surface area contributed by atoms with Gasteiger partial charge in [0.05, 0.1) is 0 Å². The summed E-state index contributed by atoms with van der Waals surface area (Å²) >= 11 is 0. The summed E-state index contributed by atoms with van der Waals surface area (Å²) in [7, 11) is 3.38. The first kappa shape index (κ1) is 12.5. The Morgan fingerprint density at radius 1 is 1.14 bits per heavy atom. The van der Waals surface area contributed by atoms with Gasteiger partial charge in [-0.15, -0.1) is 0 Å². The van der Waals surface area contributed by atoms with Gasteiger partial charge in [0.2, 0.25) is 6.41 Å². The van der Waals surface area contributed by atoms with Crippen molar-refractivity contribution in [2.45, 2.75) is 13.8 Å². The Balaban J connectivity index is 0.000000292. The van der Waals surface area contributed by atoms with Crippen LogP contribution in [0.4, 0.5) is 0 Å². The molecule has 1 aromatic rings. The van der Waals surface area contributed by atoms with E-state index in [9.17, 15) is 4.79 Å². The average molecular weight is 195 g/mol. The monoisotopic (exact) mass is 195 g/mol. The van der Waals surface area contributed by atoms with Crippen LogP contribution in [0.15, 0.2) is 18.2 Å². The van der Waals surface area contributed by atoms with E-state index in [1.165, 1.54) is 4.90 Å². The third-order valence-electron chi connectivity index (χ3n) is 1.42. The summed E-state index contributed by atoms with van der Waals surface area (Å²) < 4.78 is 0. The van der Waals surface area contributed by atoms with Crippen molar-refractivity contribution in [3.63, 3.8) is 0 Å². The van der Waals surface area contributed by atoms with E-state index >= 15 is 0 Å².